The summed E-state index contributed by atoms with van der Waals surface area (Å²) < 4.78 is 0. The molecule has 1 aliphatic heterocycles. The van der Waals surface area contributed by atoms with Crippen LogP contribution in [-0.4, -0.2) is 36.1 Å². The molecule has 10 heavy (non-hydrogen) atoms. The molecule has 1 radical (unpaired) electrons. The van der Waals surface area contributed by atoms with Gasteiger partial charge in [0.1, 0.15) is 0 Å². The van der Waals surface area contributed by atoms with Gasteiger partial charge in [0.05, 0.1) is 0 Å². The van der Waals surface area contributed by atoms with Crippen molar-refractivity contribution in [2.45, 2.75) is 6.42 Å². The minimum atomic E-state index is 0. The molecule has 0 unspecified atom stereocenters. The molecule has 2 rings (SSSR count). The fourth-order valence-corrected chi connectivity index (χ4v) is 1.24. The van der Waals surface area contributed by atoms with E-state index < -0.39 is 0 Å². The third kappa shape index (κ3) is 1.36. The number of para-hydroxylation sites is 1. The van der Waals surface area contributed by atoms with Crippen LogP contribution in [0.25, 0.3) is 0 Å². The second-order valence-electron chi connectivity index (χ2n) is 2.33. The van der Waals surface area contributed by atoms with Gasteiger partial charge in [-0.2, -0.15) is 0 Å². The van der Waals surface area contributed by atoms with Crippen LogP contribution in [0.4, 0.5) is 5.69 Å². The summed E-state index contributed by atoms with van der Waals surface area (Å²) in [6, 6.07) is 8.46. The third-order valence-corrected chi connectivity index (χ3v) is 1.73. The standard InChI is InChI=1S/C8H9N.Na/c1-2-4-8-7(3-1)5-6-9-8;/h1-4,9H,5-6H2;. The van der Waals surface area contributed by atoms with Crippen LogP contribution >= 0.6 is 0 Å². The van der Waals surface area contributed by atoms with Gasteiger partial charge in [-0.15, -0.1) is 0 Å². The molecule has 1 nitrogen and oxygen atoms in total. The molecule has 1 N–H and O–H groups in total. The van der Waals surface area contributed by atoms with Crippen LogP contribution in [0, 0.1) is 0 Å². The zero-order valence-corrected chi connectivity index (χ0v) is 8.22. The Bertz CT molecular complexity index is 199. The van der Waals surface area contributed by atoms with Gasteiger partial charge in [-0.1, -0.05) is 18.2 Å². The summed E-state index contributed by atoms with van der Waals surface area (Å²) in [5, 5.41) is 3.30. The molecule has 0 aliphatic carbocycles. The van der Waals surface area contributed by atoms with Gasteiger partial charge in [-0.3, -0.25) is 0 Å². The molecule has 0 saturated heterocycles. The van der Waals surface area contributed by atoms with E-state index in [1.165, 1.54) is 17.7 Å². The van der Waals surface area contributed by atoms with Crippen molar-refractivity contribution in [2.75, 3.05) is 11.9 Å². The van der Waals surface area contributed by atoms with E-state index in [9.17, 15) is 0 Å². The van der Waals surface area contributed by atoms with Crippen LogP contribution in [0.1, 0.15) is 5.56 Å². The summed E-state index contributed by atoms with van der Waals surface area (Å²) in [5.41, 5.74) is 2.77. The molecule has 0 fully saturated rings. The average Bonchev–Trinajstić information content (AvgIpc) is 2.33. The smallest absolute Gasteiger partial charge is 0.0373 e. The van der Waals surface area contributed by atoms with Gasteiger partial charge in [0.25, 0.3) is 0 Å². The normalized spacial score (nSPS) is 13.2. The van der Waals surface area contributed by atoms with E-state index in [1.54, 1.807) is 0 Å². The largest absolute Gasteiger partial charge is 0.384 e. The summed E-state index contributed by atoms with van der Waals surface area (Å²) >= 11 is 0. The predicted molar refractivity (Wildman–Crippen MR) is 44.4 cm³/mol. The predicted octanol–water partition coefficient (Wildman–Crippen LogP) is 1.27. The molecule has 1 aromatic rings. The summed E-state index contributed by atoms with van der Waals surface area (Å²) in [5.74, 6) is 0. The first-order valence-electron chi connectivity index (χ1n) is 3.28. The third-order valence-electron chi connectivity index (χ3n) is 1.73. The Morgan fingerprint density at radius 1 is 1.20 bits per heavy atom. The van der Waals surface area contributed by atoms with Gasteiger partial charge < -0.3 is 5.32 Å². The average molecular weight is 142 g/mol. The number of rotatable bonds is 0. The Morgan fingerprint density at radius 3 is 2.80 bits per heavy atom. The molecule has 1 aromatic carbocycles. The van der Waals surface area contributed by atoms with Crippen LogP contribution in [0.5, 0.6) is 0 Å². The Hall–Kier alpha value is 0.0200. The first-order valence-corrected chi connectivity index (χ1v) is 3.28. The van der Waals surface area contributed by atoms with Gasteiger partial charge in [-0.25, -0.2) is 0 Å². The van der Waals surface area contributed by atoms with E-state index >= 15 is 0 Å². The molecule has 0 saturated carbocycles. The molecule has 1 aliphatic rings. The van der Waals surface area contributed by atoms with Gasteiger partial charge in [0.2, 0.25) is 0 Å². The molecular formula is C8H9NNa. The minimum absolute atomic E-state index is 0. The molecule has 0 bridgehead atoms. The maximum atomic E-state index is 3.30. The van der Waals surface area contributed by atoms with Crippen molar-refractivity contribution < 1.29 is 0 Å². The van der Waals surface area contributed by atoms with E-state index in [4.69, 9.17) is 0 Å². The molecule has 0 aromatic heterocycles. The van der Waals surface area contributed by atoms with E-state index in [1.807, 2.05) is 0 Å². The van der Waals surface area contributed by atoms with Crippen molar-refractivity contribution in [3.63, 3.8) is 0 Å². The summed E-state index contributed by atoms with van der Waals surface area (Å²) in [4.78, 5) is 0. The fraction of sp³-hybridized carbons (Fsp3) is 0.250. The molecular weight excluding hydrogens is 133 g/mol. The van der Waals surface area contributed by atoms with E-state index in [2.05, 4.69) is 29.6 Å². The van der Waals surface area contributed by atoms with Crippen molar-refractivity contribution in [2.24, 2.45) is 0 Å². The molecule has 0 atom stereocenters. The van der Waals surface area contributed by atoms with E-state index in [0.29, 0.717) is 0 Å². The molecule has 0 amide bonds. The van der Waals surface area contributed by atoms with Crippen LogP contribution < -0.4 is 5.32 Å². The molecule has 1 heterocycles. The quantitative estimate of drug-likeness (QED) is 0.538. The topological polar surface area (TPSA) is 12.0 Å². The summed E-state index contributed by atoms with van der Waals surface area (Å²) in [7, 11) is 0. The first kappa shape index (κ1) is 8.12. The number of fused-ring (bicyclic) bond motifs is 1. The van der Waals surface area contributed by atoms with Crippen molar-refractivity contribution >= 4 is 35.2 Å². The second-order valence-corrected chi connectivity index (χ2v) is 2.33. The Morgan fingerprint density at radius 2 is 2.00 bits per heavy atom. The monoisotopic (exact) mass is 142 g/mol. The Kier molecular flexibility index (Phi) is 2.78. The number of hydrogen-bond acceptors (Lipinski definition) is 1. The van der Waals surface area contributed by atoms with Crippen LogP contribution in [0.15, 0.2) is 24.3 Å². The van der Waals surface area contributed by atoms with Crippen LogP contribution in [0.3, 0.4) is 0 Å². The molecule has 0 spiro atoms. The van der Waals surface area contributed by atoms with Crippen molar-refractivity contribution in [3.05, 3.63) is 29.8 Å². The van der Waals surface area contributed by atoms with Crippen molar-refractivity contribution in [1.29, 1.82) is 0 Å². The van der Waals surface area contributed by atoms with Gasteiger partial charge in [-0.05, 0) is 18.1 Å². The second kappa shape index (κ2) is 3.42. The molecule has 2 heteroatoms. The molecule has 47 valence electrons. The van der Waals surface area contributed by atoms with Crippen LogP contribution in [0.2, 0.25) is 0 Å². The van der Waals surface area contributed by atoms with Gasteiger partial charge in [0, 0.05) is 41.8 Å². The minimum Gasteiger partial charge on any atom is -0.384 e. The van der Waals surface area contributed by atoms with Gasteiger partial charge in [0.15, 0.2) is 0 Å². The number of nitrogens with one attached hydrogen (secondary N) is 1. The Labute approximate surface area is 83.1 Å². The Balaban J connectivity index is 0.000000500. The maximum absolute atomic E-state index is 3.30. The SMILES string of the molecule is [Na].c1ccc2c(c1)CCN2. The number of hydrogen-bond donors (Lipinski definition) is 1. The van der Waals surface area contributed by atoms with Crippen molar-refractivity contribution in [3.8, 4) is 0 Å². The zero-order valence-electron chi connectivity index (χ0n) is 6.22. The van der Waals surface area contributed by atoms with Crippen molar-refractivity contribution in [1.82, 2.24) is 0 Å². The number of benzene rings is 1. The van der Waals surface area contributed by atoms with E-state index in [-0.39, 0.29) is 29.6 Å². The first-order chi connectivity index (χ1) is 4.47. The van der Waals surface area contributed by atoms with Crippen LogP contribution in [-0.2, 0) is 6.42 Å². The maximum Gasteiger partial charge on any atom is 0.0373 e. The fourth-order valence-electron chi connectivity index (χ4n) is 1.24. The number of anilines is 1. The van der Waals surface area contributed by atoms with Gasteiger partial charge >= 0.3 is 0 Å². The van der Waals surface area contributed by atoms with E-state index in [0.717, 1.165) is 6.54 Å². The summed E-state index contributed by atoms with van der Waals surface area (Å²) in [6.45, 7) is 1.11. The zero-order chi connectivity index (χ0) is 6.10. The summed E-state index contributed by atoms with van der Waals surface area (Å²) in [6.07, 6.45) is 1.19.